The summed E-state index contributed by atoms with van der Waals surface area (Å²) in [6, 6.07) is 7.38. The molecule has 3 nitrogen and oxygen atoms in total. The molecular formula is C10H8N2O. The van der Waals surface area contributed by atoms with Gasteiger partial charge >= 0.3 is 0 Å². The van der Waals surface area contributed by atoms with Gasteiger partial charge in [0.15, 0.2) is 0 Å². The van der Waals surface area contributed by atoms with Gasteiger partial charge in [-0.05, 0) is 5.56 Å². The highest BCUT2D eigenvalue weighted by Crippen LogP contribution is 2.17. The van der Waals surface area contributed by atoms with Crippen LogP contribution in [0, 0.1) is 0 Å². The fraction of sp³-hybridized carbons (Fsp3) is 0.100. The van der Waals surface area contributed by atoms with Crippen LogP contribution in [0.1, 0.15) is 22.0 Å². The quantitative estimate of drug-likeness (QED) is 0.625. The molecular weight excluding hydrogens is 164 g/mol. The van der Waals surface area contributed by atoms with Gasteiger partial charge in [0.1, 0.15) is 18.7 Å². The van der Waals surface area contributed by atoms with E-state index in [0.717, 1.165) is 11.8 Å². The Morgan fingerprint density at radius 3 is 2.54 bits per heavy atom. The van der Waals surface area contributed by atoms with E-state index in [4.69, 9.17) is 0 Å². The minimum atomic E-state index is 0.0284. The number of hydrogen-bond acceptors (Lipinski definition) is 3. The SMILES string of the molecule is O=Cc1ccc(C2C=NC=N2)cc1. The summed E-state index contributed by atoms with van der Waals surface area (Å²) in [6.07, 6.45) is 4.14. The first-order valence-corrected chi connectivity index (χ1v) is 4.00. The van der Waals surface area contributed by atoms with Gasteiger partial charge in [0.2, 0.25) is 0 Å². The van der Waals surface area contributed by atoms with Crippen molar-refractivity contribution in [2.24, 2.45) is 9.98 Å². The van der Waals surface area contributed by atoms with Crippen molar-refractivity contribution < 1.29 is 4.79 Å². The van der Waals surface area contributed by atoms with Gasteiger partial charge in [-0.15, -0.1) is 0 Å². The normalized spacial score (nSPS) is 19.2. The smallest absolute Gasteiger partial charge is 0.150 e. The number of nitrogens with zero attached hydrogens (tertiary/aromatic N) is 2. The van der Waals surface area contributed by atoms with Crippen molar-refractivity contribution in [1.82, 2.24) is 0 Å². The van der Waals surface area contributed by atoms with Crippen LogP contribution in [0.15, 0.2) is 34.3 Å². The van der Waals surface area contributed by atoms with Crippen LogP contribution < -0.4 is 0 Å². The van der Waals surface area contributed by atoms with Crippen LogP contribution in [0.25, 0.3) is 0 Å². The van der Waals surface area contributed by atoms with Crippen molar-refractivity contribution in [3.8, 4) is 0 Å². The van der Waals surface area contributed by atoms with Crippen molar-refractivity contribution in [2.45, 2.75) is 6.04 Å². The third-order valence-corrected chi connectivity index (χ3v) is 1.94. The number of aldehydes is 1. The number of rotatable bonds is 2. The van der Waals surface area contributed by atoms with Crippen LogP contribution in [0.5, 0.6) is 0 Å². The molecule has 0 saturated heterocycles. The Kier molecular flexibility index (Phi) is 2.00. The summed E-state index contributed by atoms with van der Waals surface area (Å²) in [4.78, 5) is 18.4. The summed E-state index contributed by atoms with van der Waals surface area (Å²) in [5.74, 6) is 0. The maximum atomic E-state index is 10.4. The maximum Gasteiger partial charge on any atom is 0.150 e. The van der Waals surface area contributed by atoms with Crippen molar-refractivity contribution in [1.29, 1.82) is 0 Å². The van der Waals surface area contributed by atoms with E-state index in [1.165, 1.54) is 6.34 Å². The highest BCUT2D eigenvalue weighted by atomic mass is 16.1. The molecule has 0 radical (unpaired) electrons. The monoisotopic (exact) mass is 172 g/mol. The van der Waals surface area contributed by atoms with E-state index >= 15 is 0 Å². The van der Waals surface area contributed by atoms with Gasteiger partial charge in [0.05, 0.1) is 0 Å². The molecule has 0 fully saturated rings. The van der Waals surface area contributed by atoms with Gasteiger partial charge in [0.25, 0.3) is 0 Å². The topological polar surface area (TPSA) is 41.8 Å². The molecule has 3 heteroatoms. The van der Waals surface area contributed by atoms with E-state index in [2.05, 4.69) is 9.98 Å². The first-order valence-electron chi connectivity index (χ1n) is 4.00. The number of carbonyl (C=O) groups excluding carboxylic acids is 1. The summed E-state index contributed by atoms with van der Waals surface area (Å²) < 4.78 is 0. The fourth-order valence-electron chi connectivity index (χ4n) is 1.21. The average molecular weight is 172 g/mol. The fourth-order valence-corrected chi connectivity index (χ4v) is 1.21. The molecule has 0 aromatic heterocycles. The molecule has 0 bridgehead atoms. The molecule has 13 heavy (non-hydrogen) atoms. The van der Waals surface area contributed by atoms with Gasteiger partial charge in [-0.1, -0.05) is 24.3 Å². The van der Waals surface area contributed by atoms with Crippen molar-refractivity contribution in [2.75, 3.05) is 0 Å². The van der Waals surface area contributed by atoms with Crippen LogP contribution >= 0.6 is 0 Å². The van der Waals surface area contributed by atoms with Crippen LogP contribution in [-0.2, 0) is 0 Å². The first-order chi connectivity index (χ1) is 6.40. The zero-order chi connectivity index (χ0) is 9.10. The second-order valence-corrected chi connectivity index (χ2v) is 2.79. The van der Waals surface area contributed by atoms with Crippen LogP contribution in [0.3, 0.4) is 0 Å². The van der Waals surface area contributed by atoms with Gasteiger partial charge in [0, 0.05) is 11.8 Å². The van der Waals surface area contributed by atoms with Gasteiger partial charge in [-0.2, -0.15) is 0 Å². The molecule has 0 aliphatic carbocycles. The van der Waals surface area contributed by atoms with Gasteiger partial charge in [-0.25, -0.2) is 4.99 Å². The minimum Gasteiger partial charge on any atom is -0.298 e. The minimum absolute atomic E-state index is 0.0284. The number of benzene rings is 1. The number of carbonyl (C=O) groups is 1. The molecule has 2 rings (SSSR count). The number of aliphatic imine (C=N–C) groups is 2. The van der Waals surface area contributed by atoms with E-state index in [-0.39, 0.29) is 6.04 Å². The average Bonchev–Trinajstić information content (AvgIpc) is 2.71. The van der Waals surface area contributed by atoms with Gasteiger partial charge < -0.3 is 0 Å². The summed E-state index contributed by atoms with van der Waals surface area (Å²) in [6.45, 7) is 0. The second kappa shape index (κ2) is 3.31. The van der Waals surface area contributed by atoms with E-state index < -0.39 is 0 Å². The standard InChI is InChI=1S/C10H8N2O/c13-6-8-1-3-9(4-2-8)10-5-11-7-12-10/h1-7,10H. The predicted octanol–water partition coefficient (Wildman–Crippen LogP) is 1.65. The summed E-state index contributed by atoms with van der Waals surface area (Å²) in [5.41, 5.74) is 1.74. The molecule has 1 unspecified atom stereocenters. The largest absolute Gasteiger partial charge is 0.298 e. The first kappa shape index (κ1) is 7.86. The summed E-state index contributed by atoms with van der Waals surface area (Å²) in [5, 5.41) is 0. The highest BCUT2D eigenvalue weighted by Gasteiger charge is 2.08. The molecule has 0 N–H and O–H groups in total. The third-order valence-electron chi connectivity index (χ3n) is 1.94. The molecule has 64 valence electrons. The zero-order valence-electron chi connectivity index (χ0n) is 6.92. The summed E-state index contributed by atoms with van der Waals surface area (Å²) in [7, 11) is 0. The third kappa shape index (κ3) is 1.54. The predicted molar refractivity (Wildman–Crippen MR) is 51.6 cm³/mol. The Morgan fingerprint density at radius 2 is 2.00 bits per heavy atom. The lowest BCUT2D eigenvalue weighted by molar-refractivity contribution is 0.112. The Labute approximate surface area is 75.8 Å². The Balaban J connectivity index is 2.27. The zero-order valence-corrected chi connectivity index (χ0v) is 6.92. The molecule has 1 atom stereocenters. The molecule has 0 amide bonds. The molecule has 1 aromatic rings. The lowest BCUT2D eigenvalue weighted by Crippen LogP contribution is -1.93. The van der Waals surface area contributed by atoms with Crippen LogP contribution in [0.4, 0.5) is 0 Å². The van der Waals surface area contributed by atoms with Crippen molar-refractivity contribution in [3.63, 3.8) is 0 Å². The Morgan fingerprint density at radius 1 is 1.23 bits per heavy atom. The van der Waals surface area contributed by atoms with E-state index in [9.17, 15) is 4.79 Å². The molecule has 1 aliphatic rings. The van der Waals surface area contributed by atoms with Crippen LogP contribution in [0.2, 0.25) is 0 Å². The van der Waals surface area contributed by atoms with Gasteiger partial charge in [-0.3, -0.25) is 9.79 Å². The van der Waals surface area contributed by atoms with Crippen molar-refractivity contribution >= 4 is 18.8 Å². The lowest BCUT2D eigenvalue weighted by atomic mass is 10.1. The lowest BCUT2D eigenvalue weighted by Gasteiger charge is -2.02. The molecule has 1 aromatic carbocycles. The summed E-state index contributed by atoms with van der Waals surface area (Å²) >= 11 is 0. The molecule has 0 saturated carbocycles. The number of hydrogen-bond donors (Lipinski definition) is 0. The Hall–Kier alpha value is -1.77. The molecule has 1 heterocycles. The maximum absolute atomic E-state index is 10.4. The van der Waals surface area contributed by atoms with Crippen molar-refractivity contribution in [3.05, 3.63) is 35.4 Å². The van der Waals surface area contributed by atoms with Crippen LogP contribution in [-0.4, -0.2) is 18.8 Å². The second-order valence-electron chi connectivity index (χ2n) is 2.79. The molecule has 0 spiro atoms. The van der Waals surface area contributed by atoms with E-state index in [1.807, 2.05) is 12.1 Å². The van der Waals surface area contributed by atoms with E-state index in [1.54, 1.807) is 18.3 Å². The Bertz CT molecular complexity index is 353. The van der Waals surface area contributed by atoms with E-state index in [0.29, 0.717) is 5.56 Å². The highest BCUT2D eigenvalue weighted by molar-refractivity contribution is 5.83. The molecule has 1 aliphatic heterocycles.